The summed E-state index contributed by atoms with van der Waals surface area (Å²) >= 11 is 0. The molecular weight excluding hydrogens is 317 g/mol. The molecule has 25 heavy (non-hydrogen) atoms. The zero-order valence-corrected chi connectivity index (χ0v) is 14.4. The molecule has 5 heteroatoms. The SMILES string of the molecule is Fc1cccc(CN2CC[C@H]3OCCN(Cc4ccncc4)[C@@H]3C2)c1. The molecule has 0 N–H and O–H groups in total. The molecule has 0 bridgehead atoms. The lowest BCUT2D eigenvalue weighted by molar-refractivity contribution is -0.107. The van der Waals surface area contributed by atoms with Gasteiger partial charge in [-0.25, -0.2) is 4.39 Å². The second kappa shape index (κ2) is 7.60. The smallest absolute Gasteiger partial charge is 0.123 e. The molecule has 0 unspecified atom stereocenters. The maximum Gasteiger partial charge on any atom is 0.123 e. The van der Waals surface area contributed by atoms with Crippen LogP contribution in [0.2, 0.25) is 0 Å². The van der Waals surface area contributed by atoms with Crippen molar-refractivity contribution in [2.45, 2.75) is 31.7 Å². The molecule has 2 aliphatic heterocycles. The molecule has 4 rings (SSSR count). The molecule has 3 heterocycles. The van der Waals surface area contributed by atoms with Gasteiger partial charge in [-0.05, 0) is 41.8 Å². The van der Waals surface area contributed by atoms with Crippen LogP contribution in [0.25, 0.3) is 0 Å². The summed E-state index contributed by atoms with van der Waals surface area (Å²) in [4.78, 5) is 9.05. The van der Waals surface area contributed by atoms with Crippen LogP contribution in [0.5, 0.6) is 0 Å². The van der Waals surface area contributed by atoms with E-state index in [4.69, 9.17) is 4.74 Å². The van der Waals surface area contributed by atoms with Crippen molar-refractivity contribution in [1.82, 2.24) is 14.8 Å². The molecule has 4 nitrogen and oxygen atoms in total. The van der Waals surface area contributed by atoms with Crippen molar-refractivity contribution in [3.05, 3.63) is 65.7 Å². The predicted molar refractivity (Wildman–Crippen MR) is 94.5 cm³/mol. The second-order valence-corrected chi connectivity index (χ2v) is 6.96. The number of hydrogen-bond donors (Lipinski definition) is 0. The third kappa shape index (κ3) is 4.06. The topological polar surface area (TPSA) is 28.6 Å². The van der Waals surface area contributed by atoms with E-state index in [9.17, 15) is 4.39 Å². The van der Waals surface area contributed by atoms with E-state index in [1.165, 1.54) is 11.6 Å². The van der Waals surface area contributed by atoms with Gasteiger partial charge in [-0.3, -0.25) is 14.8 Å². The Bertz CT molecular complexity index is 696. The fraction of sp³-hybridized carbons (Fsp3) is 0.450. The molecule has 2 saturated heterocycles. The number of likely N-dealkylation sites (tertiary alicyclic amines) is 1. The third-order valence-electron chi connectivity index (χ3n) is 5.21. The van der Waals surface area contributed by atoms with Crippen LogP contribution in [-0.4, -0.2) is 53.2 Å². The number of halogens is 1. The van der Waals surface area contributed by atoms with Crippen LogP contribution in [0.15, 0.2) is 48.8 Å². The van der Waals surface area contributed by atoms with E-state index in [1.807, 2.05) is 18.5 Å². The molecule has 0 radical (unpaired) electrons. The normalized spacial score (nSPS) is 24.8. The zero-order valence-electron chi connectivity index (χ0n) is 14.4. The van der Waals surface area contributed by atoms with Crippen LogP contribution in [0.3, 0.4) is 0 Å². The number of benzene rings is 1. The van der Waals surface area contributed by atoms with Gasteiger partial charge < -0.3 is 4.74 Å². The van der Waals surface area contributed by atoms with Crippen molar-refractivity contribution in [2.24, 2.45) is 0 Å². The first-order valence-electron chi connectivity index (χ1n) is 8.99. The van der Waals surface area contributed by atoms with Gasteiger partial charge in [0.15, 0.2) is 0 Å². The standard InChI is InChI=1S/C20H24FN3O/c21-18-3-1-2-17(12-18)13-23-9-6-20-19(15-23)24(10-11-25-20)14-16-4-7-22-8-5-16/h1-5,7-8,12,19-20H,6,9-11,13-15H2/t19-,20-/m1/s1. The van der Waals surface area contributed by atoms with Gasteiger partial charge >= 0.3 is 0 Å². The molecule has 2 atom stereocenters. The number of morpholine rings is 1. The average Bonchev–Trinajstić information content (AvgIpc) is 2.63. The number of piperidine rings is 1. The van der Waals surface area contributed by atoms with E-state index >= 15 is 0 Å². The molecule has 2 aromatic rings. The van der Waals surface area contributed by atoms with E-state index in [1.54, 1.807) is 12.1 Å². The quantitative estimate of drug-likeness (QED) is 0.855. The minimum Gasteiger partial charge on any atom is -0.375 e. The zero-order chi connectivity index (χ0) is 17.1. The molecule has 2 fully saturated rings. The molecule has 2 aliphatic rings. The van der Waals surface area contributed by atoms with Gasteiger partial charge in [-0.15, -0.1) is 0 Å². The highest BCUT2D eigenvalue weighted by molar-refractivity contribution is 5.16. The number of hydrogen-bond acceptors (Lipinski definition) is 4. The fourth-order valence-electron chi connectivity index (χ4n) is 3.96. The lowest BCUT2D eigenvalue weighted by Crippen LogP contribution is -2.59. The summed E-state index contributed by atoms with van der Waals surface area (Å²) in [5, 5.41) is 0. The lowest BCUT2D eigenvalue weighted by Gasteiger charge is -2.47. The molecule has 0 amide bonds. The Labute approximate surface area is 148 Å². The second-order valence-electron chi connectivity index (χ2n) is 6.96. The number of ether oxygens (including phenoxy) is 1. The molecule has 1 aromatic carbocycles. The minimum atomic E-state index is -0.160. The van der Waals surface area contributed by atoms with Crippen molar-refractivity contribution in [3.8, 4) is 0 Å². The van der Waals surface area contributed by atoms with Gasteiger partial charge in [0, 0.05) is 51.2 Å². The van der Waals surface area contributed by atoms with Gasteiger partial charge in [0.2, 0.25) is 0 Å². The summed E-state index contributed by atoms with van der Waals surface area (Å²) in [7, 11) is 0. The van der Waals surface area contributed by atoms with Gasteiger partial charge in [0.05, 0.1) is 12.7 Å². The van der Waals surface area contributed by atoms with Gasteiger partial charge in [-0.2, -0.15) is 0 Å². The largest absolute Gasteiger partial charge is 0.375 e. The van der Waals surface area contributed by atoms with Crippen molar-refractivity contribution in [3.63, 3.8) is 0 Å². The number of rotatable bonds is 4. The minimum absolute atomic E-state index is 0.160. The summed E-state index contributed by atoms with van der Waals surface area (Å²) in [5.41, 5.74) is 2.33. The first-order valence-corrected chi connectivity index (χ1v) is 8.99. The molecule has 0 saturated carbocycles. The number of pyridine rings is 1. The first-order chi connectivity index (χ1) is 12.3. The van der Waals surface area contributed by atoms with Crippen molar-refractivity contribution < 1.29 is 9.13 Å². The summed E-state index contributed by atoms with van der Waals surface area (Å²) in [5.74, 6) is -0.160. The van der Waals surface area contributed by atoms with E-state index < -0.39 is 0 Å². The van der Waals surface area contributed by atoms with E-state index in [0.29, 0.717) is 12.1 Å². The number of fused-ring (bicyclic) bond motifs is 1. The lowest BCUT2D eigenvalue weighted by atomic mass is 9.97. The fourth-order valence-corrected chi connectivity index (χ4v) is 3.96. The van der Waals surface area contributed by atoms with Crippen LogP contribution in [-0.2, 0) is 17.8 Å². The Balaban J connectivity index is 1.43. The monoisotopic (exact) mass is 341 g/mol. The highest BCUT2D eigenvalue weighted by atomic mass is 19.1. The van der Waals surface area contributed by atoms with E-state index in [0.717, 1.165) is 51.3 Å². The Morgan fingerprint density at radius 1 is 1.08 bits per heavy atom. The van der Waals surface area contributed by atoms with Crippen molar-refractivity contribution >= 4 is 0 Å². The maximum atomic E-state index is 13.4. The third-order valence-corrected chi connectivity index (χ3v) is 5.21. The summed E-state index contributed by atoms with van der Waals surface area (Å²) < 4.78 is 19.5. The van der Waals surface area contributed by atoms with Gasteiger partial charge in [0.25, 0.3) is 0 Å². The van der Waals surface area contributed by atoms with Crippen LogP contribution in [0, 0.1) is 5.82 Å². The summed E-state index contributed by atoms with van der Waals surface area (Å²) in [6.07, 6.45) is 5.04. The van der Waals surface area contributed by atoms with Crippen LogP contribution in [0.4, 0.5) is 4.39 Å². The molecular formula is C20H24FN3O. The van der Waals surface area contributed by atoms with E-state index in [2.05, 4.69) is 26.9 Å². The summed E-state index contributed by atoms with van der Waals surface area (Å²) in [6, 6.07) is 11.5. The molecule has 0 aliphatic carbocycles. The van der Waals surface area contributed by atoms with Gasteiger partial charge in [-0.1, -0.05) is 12.1 Å². The molecule has 0 spiro atoms. The Hall–Kier alpha value is -1.82. The summed E-state index contributed by atoms with van der Waals surface area (Å²) in [6.45, 7) is 5.45. The number of nitrogens with zero attached hydrogens (tertiary/aromatic N) is 3. The van der Waals surface area contributed by atoms with E-state index in [-0.39, 0.29) is 5.82 Å². The highest BCUT2D eigenvalue weighted by Gasteiger charge is 2.36. The Morgan fingerprint density at radius 2 is 1.96 bits per heavy atom. The average molecular weight is 341 g/mol. The van der Waals surface area contributed by atoms with Crippen LogP contribution >= 0.6 is 0 Å². The van der Waals surface area contributed by atoms with Crippen LogP contribution in [0.1, 0.15) is 17.5 Å². The molecule has 1 aromatic heterocycles. The van der Waals surface area contributed by atoms with Crippen molar-refractivity contribution in [2.75, 3.05) is 26.2 Å². The number of aromatic nitrogens is 1. The Morgan fingerprint density at radius 3 is 2.80 bits per heavy atom. The molecule has 132 valence electrons. The highest BCUT2D eigenvalue weighted by Crippen LogP contribution is 2.25. The maximum absolute atomic E-state index is 13.4. The predicted octanol–water partition coefficient (Wildman–Crippen LogP) is 2.70. The first kappa shape index (κ1) is 16.6. The van der Waals surface area contributed by atoms with Crippen molar-refractivity contribution in [1.29, 1.82) is 0 Å². The Kier molecular flexibility index (Phi) is 5.06. The van der Waals surface area contributed by atoms with Crippen LogP contribution < -0.4 is 0 Å². The van der Waals surface area contributed by atoms with Gasteiger partial charge in [0.1, 0.15) is 5.82 Å².